The van der Waals surface area contributed by atoms with Gasteiger partial charge in [-0.15, -0.1) is 0 Å². The Morgan fingerprint density at radius 2 is 1.76 bits per heavy atom. The Labute approximate surface area is 131 Å². The third-order valence-electron chi connectivity index (χ3n) is 4.63. The van der Waals surface area contributed by atoms with Gasteiger partial charge in [-0.05, 0) is 42.4 Å². The molecule has 2 atom stereocenters. The Bertz CT molecular complexity index is 628. The van der Waals surface area contributed by atoms with Gasteiger partial charge in [-0.2, -0.15) is 4.31 Å². The SMILES string of the molecule is NC(=S)Cc1ccc(S(=O)(=O)N2CC3CCCC3C2)cc1. The molecule has 0 bridgehead atoms. The highest BCUT2D eigenvalue weighted by Crippen LogP contribution is 2.39. The second kappa shape index (κ2) is 5.66. The molecule has 1 aromatic rings. The number of sulfonamides is 1. The molecule has 2 N–H and O–H groups in total. The van der Waals surface area contributed by atoms with Gasteiger partial charge in [0.05, 0.1) is 9.88 Å². The van der Waals surface area contributed by atoms with Crippen molar-refractivity contribution in [1.82, 2.24) is 4.31 Å². The first-order valence-corrected chi connectivity index (χ1v) is 9.19. The van der Waals surface area contributed by atoms with Crippen molar-refractivity contribution >= 4 is 27.2 Å². The summed E-state index contributed by atoms with van der Waals surface area (Å²) in [6.07, 6.45) is 4.09. The zero-order chi connectivity index (χ0) is 15.0. The van der Waals surface area contributed by atoms with Crippen LogP contribution in [0.15, 0.2) is 29.2 Å². The molecule has 0 spiro atoms. The molecule has 114 valence electrons. The number of rotatable bonds is 4. The Morgan fingerprint density at radius 1 is 1.19 bits per heavy atom. The van der Waals surface area contributed by atoms with E-state index in [0.717, 1.165) is 5.56 Å². The van der Waals surface area contributed by atoms with Crippen molar-refractivity contribution in [1.29, 1.82) is 0 Å². The van der Waals surface area contributed by atoms with E-state index in [1.54, 1.807) is 28.6 Å². The van der Waals surface area contributed by atoms with Crippen molar-refractivity contribution in [2.24, 2.45) is 17.6 Å². The summed E-state index contributed by atoms with van der Waals surface area (Å²) in [7, 11) is -3.36. The Balaban J connectivity index is 1.77. The van der Waals surface area contributed by atoms with Crippen molar-refractivity contribution < 1.29 is 8.42 Å². The van der Waals surface area contributed by atoms with E-state index in [0.29, 0.717) is 41.2 Å². The van der Waals surface area contributed by atoms with E-state index in [4.69, 9.17) is 18.0 Å². The lowest BCUT2D eigenvalue weighted by Gasteiger charge is -2.17. The van der Waals surface area contributed by atoms with Crippen LogP contribution in [0.1, 0.15) is 24.8 Å². The van der Waals surface area contributed by atoms with Crippen LogP contribution in [0.25, 0.3) is 0 Å². The molecule has 0 radical (unpaired) electrons. The topological polar surface area (TPSA) is 63.4 Å². The summed E-state index contributed by atoms with van der Waals surface area (Å²) in [4.78, 5) is 0.784. The molecule has 2 aliphatic rings. The molecule has 0 amide bonds. The van der Waals surface area contributed by atoms with Crippen LogP contribution < -0.4 is 5.73 Å². The van der Waals surface area contributed by atoms with Gasteiger partial charge in [0.25, 0.3) is 0 Å². The average Bonchev–Trinajstić information content (AvgIpc) is 2.99. The standard InChI is InChI=1S/C15H20N2O2S2/c16-15(20)8-11-4-6-14(7-5-11)21(18,19)17-9-12-2-1-3-13(12)10-17/h4-7,12-13H,1-3,8-10H2,(H2,16,20). The normalized spacial score (nSPS) is 25.9. The van der Waals surface area contributed by atoms with E-state index in [2.05, 4.69) is 0 Å². The van der Waals surface area contributed by atoms with Gasteiger partial charge in [0.1, 0.15) is 0 Å². The Kier molecular flexibility index (Phi) is 4.03. The molecule has 1 saturated heterocycles. The molecule has 1 heterocycles. The van der Waals surface area contributed by atoms with Gasteiger partial charge in [-0.3, -0.25) is 0 Å². The van der Waals surface area contributed by atoms with Crippen molar-refractivity contribution in [3.05, 3.63) is 29.8 Å². The molecule has 1 aromatic carbocycles. The van der Waals surface area contributed by atoms with Crippen LogP contribution in [0.5, 0.6) is 0 Å². The average molecular weight is 324 g/mol. The first-order valence-electron chi connectivity index (χ1n) is 7.34. The predicted molar refractivity (Wildman–Crippen MR) is 86.5 cm³/mol. The molecule has 3 rings (SSSR count). The molecule has 2 fully saturated rings. The van der Waals surface area contributed by atoms with Crippen LogP contribution in [0.3, 0.4) is 0 Å². The maximum absolute atomic E-state index is 12.7. The highest BCUT2D eigenvalue weighted by molar-refractivity contribution is 7.89. The Morgan fingerprint density at radius 3 is 2.29 bits per heavy atom. The molecule has 6 heteroatoms. The molecule has 1 aliphatic carbocycles. The van der Waals surface area contributed by atoms with Crippen LogP contribution in [-0.4, -0.2) is 30.8 Å². The summed E-state index contributed by atoms with van der Waals surface area (Å²) in [5, 5.41) is 0. The summed E-state index contributed by atoms with van der Waals surface area (Å²) < 4.78 is 27.0. The van der Waals surface area contributed by atoms with Gasteiger partial charge in [0.15, 0.2) is 0 Å². The van der Waals surface area contributed by atoms with Crippen LogP contribution in [-0.2, 0) is 16.4 Å². The quantitative estimate of drug-likeness (QED) is 0.860. The monoisotopic (exact) mass is 324 g/mol. The lowest BCUT2D eigenvalue weighted by atomic mass is 10.0. The molecule has 1 saturated carbocycles. The van der Waals surface area contributed by atoms with Crippen LogP contribution in [0, 0.1) is 11.8 Å². The summed E-state index contributed by atoms with van der Waals surface area (Å²) in [6, 6.07) is 6.92. The van der Waals surface area contributed by atoms with Crippen LogP contribution >= 0.6 is 12.2 Å². The number of nitrogens with two attached hydrogens (primary N) is 1. The van der Waals surface area contributed by atoms with E-state index < -0.39 is 10.0 Å². The number of hydrogen-bond acceptors (Lipinski definition) is 3. The summed E-state index contributed by atoms with van der Waals surface area (Å²) in [6.45, 7) is 1.36. The minimum absolute atomic E-state index is 0.370. The summed E-state index contributed by atoms with van der Waals surface area (Å²) >= 11 is 4.87. The van der Waals surface area contributed by atoms with E-state index in [9.17, 15) is 8.42 Å². The van der Waals surface area contributed by atoms with E-state index in [1.165, 1.54) is 19.3 Å². The first kappa shape index (κ1) is 14.9. The highest BCUT2D eigenvalue weighted by Gasteiger charge is 2.41. The fourth-order valence-corrected chi connectivity index (χ4v) is 5.24. The summed E-state index contributed by atoms with van der Waals surface area (Å²) in [5.41, 5.74) is 6.45. The van der Waals surface area contributed by atoms with Crippen molar-refractivity contribution in [3.63, 3.8) is 0 Å². The summed E-state index contributed by atoms with van der Waals surface area (Å²) in [5.74, 6) is 1.13. The predicted octanol–water partition coefficient (Wildman–Crippen LogP) is 1.94. The molecule has 21 heavy (non-hydrogen) atoms. The van der Waals surface area contributed by atoms with Crippen molar-refractivity contribution in [2.75, 3.05) is 13.1 Å². The zero-order valence-electron chi connectivity index (χ0n) is 11.9. The lowest BCUT2D eigenvalue weighted by Crippen LogP contribution is -2.29. The largest absolute Gasteiger partial charge is 0.393 e. The van der Waals surface area contributed by atoms with Crippen LogP contribution in [0.4, 0.5) is 0 Å². The van der Waals surface area contributed by atoms with Gasteiger partial charge < -0.3 is 5.73 Å². The number of hydrogen-bond donors (Lipinski definition) is 1. The van der Waals surface area contributed by atoms with Gasteiger partial charge in [0.2, 0.25) is 10.0 Å². The number of thiocarbonyl (C=S) groups is 1. The lowest BCUT2D eigenvalue weighted by molar-refractivity contribution is 0.445. The van der Waals surface area contributed by atoms with Crippen molar-refractivity contribution in [3.8, 4) is 0 Å². The van der Waals surface area contributed by atoms with E-state index in [-0.39, 0.29) is 0 Å². The molecule has 1 aliphatic heterocycles. The third kappa shape index (κ3) is 2.98. The molecular weight excluding hydrogens is 304 g/mol. The van der Waals surface area contributed by atoms with Crippen molar-refractivity contribution in [2.45, 2.75) is 30.6 Å². The number of nitrogens with zero attached hydrogens (tertiary/aromatic N) is 1. The Hall–Kier alpha value is -0.980. The maximum atomic E-state index is 12.7. The molecular formula is C15H20N2O2S2. The third-order valence-corrected chi connectivity index (χ3v) is 6.62. The fourth-order valence-electron chi connectivity index (χ4n) is 3.52. The highest BCUT2D eigenvalue weighted by atomic mass is 32.2. The molecule has 4 nitrogen and oxygen atoms in total. The van der Waals surface area contributed by atoms with E-state index in [1.807, 2.05) is 0 Å². The second-order valence-electron chi connectivity index (χ2n) is 6.06. The number of benzene rings is 1. The first-order chi connectivity index (χ1) is 9.96. The van der Waals surface area contributed by atoms with E-state index >= 15 is 0 Å². The fraction of sp³-hybridized carbons (Fsp3) is 0.533. The maximum Gasteiger partial charge on any atom is 0.243 e. The molecule has 2 unspecified atom stereocenters. The molecule has 0 aromatic heterocycles. The number of fused-ring (bicyclic) bond motifs is 1. The second-order valence-corrected chi connectivity index (χ2v) is 8.52. The van der Waals surface area contributed by atoms with Gasteiger partial charge in [0, 0.05) is 19.5 Å². The minimum atomic E-state index is -3.36. The zero-order valence-corrected chi connectivity index (χ0v) is 13.5. The minimum Gasteiger partial charge on any atom is -0.393 e. The van der Waals surface area contributed by atoms with Gasteiger partial charge in [-0.1, -0.05) is 30.8 Å². The smallest absolute Gasteiger partial charge is 0.243 e. The van der Waals surface area contributed by atoms with Crippen LogP contribution in [0.2, 0.25) is 0 Å². The van der Waals surface area contributed by atoms with Gasteiger partial charge in [-0.25, -0.2) is 8.42 Å². The van der Waals surface area contributed by atoms with Gasteiger partial charge >= 0.3 is 0 Å².